The third kappa shape index (κ3) is 2.90. The number of anilines is 1. The summed E-state index contributed by atoms with van der Waals surface area (Å²) >= 11 is 0. The first-order chi connectivity index (χ1) is 12.1. The van der Waals surface area contributed by atoms with Gasteiger partial charge in [0.2, 0.25) is 11.9 Å². The number of ether oxygens (including phenoxy) is 1. The highest BCUT2D eigenvalue weighted by molar-refractivity contribution is 5.86. The average Bonchev–Trinajstić information content (AvgIpc) is 3.19. The number of carbonyl (C=O) groups is 1. The Labute approximate surface area is 149 Å². The lowest BCUT2D eigenvalue weighted by Gasteiger charge is -2.25. The molecule has 136 valence electrons. The second kappa shape index (κ2) is 6.56. The van der Waals surface area contributed by atoms with Gasteiger partial charge in [-0.3, -0.25) is 4.79 Å². The SMILES string of the molecule is COCCN1CCC2(CCN(c3nc(C)c4c(n3)CCCC4)C2)C1=O. The minimum absolute atomic E-state index is 0.235. The monoisotopic (exact) mass is 344 g/mol. The third-order valence-electron chi connectivity index (χ3n) is 6.18. The first kappa shape index (κ1) is 16.8. The van der Waals surface area contributed by atoms with Crippen molar-refractivity contribution in [2.24, 2.45) is 5.41 Å². The number of aromatic nitrogens is 2. The first-order valence-electron chi connectivity index (χ1n) is 9.53. The zero-order valence-corrected chi connectivity index (χ0v) is 15.4. The van der Waals surface area contributed by atoms with Crippen molar-refractivity contribution in [3.63, 3.8) is 0 Å². The van der Waals surface area contributed by atoms with Crippen molar-refractivity contribution < 1.29 is 9.53 Å². The van der Waals surface area contributed by atoms with Crippen molar-refractivity contribution >= 4 is 11.9 Å². The van der Waals surface area contributed by atoms with Crippen molar-refractivity contribution in [3.05, 3.63) is 17.0 Å². The van der Waals surface area contributed by atoms with Crippen LogP contribution in [0.15, 0.2) is 0 Å². The maximum Gasteiger partial charge on any atom is 0.230 e. The van der Waals surface area contributed by atoms with E-state index < -0.39 is 0 Å². The molecule has 1 aromatic heterocycles. The molecule has 1 aromatic rings. The Morgan fingerprint density at radius 1 is 1.16 bits per heavy atom. The number of rotatable bonds is 4. The normalized spacial score (nSPS) is 25.9. The van der Waals surface area contributed by atoms with Gasteiger partial charge in [0.15, 0.2) is 0 Å². The predicted molar refractivity (Wildman–Crippen MR) is 95.7 cm³/mol. The van der Waals surface area contributed by atoms with Crippen LogP contribution in [0.4, 0.5) is 5.95 Å². The van der Waals surface area contributed by atoms with Gasteiger partial charge in [-0.25, -0.2) is 9.97 Å². The van der Waals surface area contributed by atoms with E-state index in [0.717, 1.165) is 57.0 Å². The van der Waals surface area contributed by atoms with Crippen LogP contribution in [0, 0.1) is 12.3 Å². The number of amides is 1. The number of fused-ring (bicyclic) bond motifs is 1. The van der Waals surface area contributed by atoms with Gasteiger partial charge in [-0.15, -0.1) is 0 Å². The average molecular weight is 344 g/mol. The van der Waals surface area contributed by atoms with Gasteiger partial charge in [-0.2, -0.15) is 0 Å². The van der Waals surface area contributed by atoms with Gasteiger partial charge in [0, 0.05) is 44.7 Å². The summed E-state index contributed by atoms with van der Waals surface area (Å²) in [5.74, 6) is 1.12. The first-order valence-corrected chi connectivity index (χ1v) is 9.53. The van der Waals surface area contributed by atoms with E-state index in [0.29, 0.717) is 19.1 Å². The summed E-state index contributed by atoms with van der Waals surface area (Å²) in [5, 5.41) is 0. The molecule has 0 N–H and O–H groups in total. The summed E-state index contributed by atoms with van der Waals surface area (Å²) in [5.41, 5.74) is 3.47. The van der Waals surface area contributed by atoms with E-state index >= 15 is 0 Å². The molecule has 3 aliphatic rings. The molecular formula is C19H28N4O2. The van der Waals surface area contributed by atoms with Crippen LogP contribution in [0.2, 0.25) is 0 Å². The quantitative estimate of drug-likeness (QED) is 0.833. The molecule has 1 unspecified atom stereocenters. The van der Waals surface area contributed by atoms with E-state index in [9.17, 15) is 4.79 Å². The maximum atomic E-state index is 12.9. The van der Waals surface area contributed by atoms with Crippen LogP contribution in [0.1, 0.15) is 42.6 Å². The summed E-state index contributed by atoms with van der Waals surface area (Å²) in [6.07, 6.45) is 6.49. The molecule has 0 aromatic carbocycles. The zero-order chi connectivity index (χ0) is 17.4. The van der Waals surface area contributed by atoms with Gasteiger partial charge in [0.25, 0.3) is 0 Å². The fraction of sp³-hybridized carbons (Fsp3) is 0.737. The number of likely N-dealkylation sites (tertiary alicyclic amines) is 1. The summed E-state index contributed by atoms with van der Waals surface area (Å²) < 4.78 is 5.14. The highest BCUT2D eigenvalue weighted by Crippen LogP contribution is 2.41. The summed E-state index contributed by atoms with van der Waals surface area (Å²) in [6.45, 7) is 5.90. The van der Waals surface area contributed by atoms with Gasteiger partial charge in [0.05, 0.1) is 12.0 Å². The van der Waals surface area contributed by atoms with E-state index in [-0.39, 0.29) is 5.41 Å². The minimum Gasteiger partial charge on any atom is -0.383 e. The number of hydrogen-bond acceptors (Lipinski definition) is 5. The van der Waals surface area contributed by atoms with Crippen LogP contribution < -0.4 is 4.90 Å². The number of aryl methyl sites for hydroxylation is 2. The van der Waals surface area contributed by atoms with Crippen molar-refractivity contribution in [1.29, 1.82) is 0 Å². The van der Waals surface area contributed by atoms with Gasteiger partial charge in [-0.1, -0.05) is 0 Å². The molecule has 0 saturated carbocycles. The topological polar surface area (TPSA) is 58.6 Å². The van der Waals surface area contributed by atoms with Crippen LogP contribution in [0.5, 0.6) is 0 Å². The van der Waals surface area contributed by atoms with Crippen molar-refractivity contribution in [1.82, 2.24) is 14.9 Å². The standard InChI is InChI=1S/C19H28N4O2/c1-14-15-5-3-4-6-16(15)21-18(20-14)23-10-8-19(13-23)7-9-22(17(19)24)11-12-25-2/h3-13H2,1-2H3. The highest BCUT2D eigenvalue weighted by Gasteiger charge is 2.51. The molecule has 1 amide bonds. The second-order valence-corrected chi connectivity index (χ2v) is 7.73. The lowest BCUT2D eigenvalue weighted by atomic mass is 9.85. The van der Waals surface area contributed by atoms with Crippen LogP contribution in [-0.2, 0) is 22.4 Å². The Kier molecular flexibility index (Phi) is 4.40. The van der Waals surface area contributed by atoms with Crippen molar-refractivity contribution in [2.45, 2.75) is 45.4 Å². The maximum absolute atomic E-state index is 12.9. The van der Waals surface area contributed by atoms with Crippen LogP contribution >= 0.6 is 0 Å². The molecule has 0 radical (unpaired) electrons. The molecular weight excluding hydrogens is 316 g/mol. The van der Waals surface area contributed by atoms with E-state index in [1.54, 1.807) is 7.11 Å². The largest absolute Gasteiger partial charge is 0.383 e. The molecule has 4 rings (SSSR count). The molecule has 6 nitrogen and oxygen atoms in total. The van der Waals surface area contributed by atoms with Gasteiger partial charge >= 0.3 is 0 Å². The molecule has 1 spiro atoms. The van der Waals surface area contributed by atoms with Crippen LogP contribution in [0.3, 0.4) is 0 Å². The number of hydrogen-bond donors (Lipinski definition) is 0. The second-order valence-electron chi connectivity index (χ2n) is 7.73. The molecule has 25 heavy (non-hydrogen) atoms. The Hall–Kier alpha value is -1.69. The predicted octanol–water partition coefficient (Wildman–Crippen LogP) is 1.74. The number of nitrogens with zero attached hydrogens (tertiary/aromatic N) is 4. The minimum atomic E-state index is -0.235. The van der Waals surface area contributed by atoms with E-state index in [1.807, 2.05) is 4.90 Å². The number of carbonyl (C=O) groups excluding carboxylic acids is 1. The van der Waals surface area contributed by atoms with Gasteiger partial charge in [0.1, 0.15) is 0 Å². The van der Waals surface area contributed by atoms with E-state index in [2.05, 4.69) is 11.8 Å². The Balaban J connectivity index is 1.51. The Morgan fingerprint density at radius 2 is 1.96 bits per heavy atom. The Bertz CT molecular complexity index is 678. The molecule has 2 saturated heterocycles. The van der Waals surface area contributed by atoms with Crippen LogP contribution in [0.25, 0.3) is 0 Å². The van der Waals surface area contributed by atoms with Crippen molar-refractivity contribution in [2.75, 3.05) is 44.8 Å². The Morgan fingerprint density at radius 3 is 2.80 bits per heavy atom. The lowest BCUT2D eigenvalue weighted by molar-refractivity contribution is -0.135. The highest BCUT2D eigenvalue weighted by atomic mass is 16.5. The summed E-state index contributed by atoms with van der Waals surface area (Å²) in [4.78, 5) is 26.8. The smallest absolute Gasteiger partial charge is 0.230 e. The molecule has 6 heteroatoms. The molecule has 3 heterocycles. The summed E-state index contributed by atoms with van der Waals surface area (Å²) in [7, 11) is 1.68. The molecule has 2 aliphatic heterocycles. The van der Waals surface area contributed by atoms with Crippen LogP contribution in [-0.4, -0.2) is 60.7 Å². The van der Waals surface area contributed by atoms with Crippen molar-refractivity contribution in [3.8, 4) is 0 Å². The fourth-order valence-electron chi connectivity index (χ4n) is 4.64. The number of methoxy groups -OCH3 is 1. The zero-order valence-electron chi connectivity index (χ0n) is 15.4. The summed E-state index contributed by atoms with van der Waals surface area (Å²) in [6, 6.07) is 0. The van der Waals surface area contributed by atoms with E-state index in [4.69, 9.17) is 14.7 Å². The molecule has 1 aliphatic carbocycles. The molecule has 2 fully saturated rings. The molecule has 1 atom stereocenters. The van der Waals surface area contributed by atoms with Gasteiger partial charge < -0.3 is 14.5 Å². The van der Waals surface area contributed by atoms with Gasteiger partial charge in [-0.05, 0) is 51.0 Å². The van der Waals surface area contributed by atoms with E-state index in [1.165, 1.54) is 24.1 Å². The molecule has 0 bridgehead atoms. The lowest BCUT2D eigenvalue weighted by Crippen LogP contribution is -2.38. The fourth-order valence-corrected chi connectivity index (χ4v) is 4.64. The third-order valence-corrected chi connectivity index (χ3v) is 6.18.